The molecule has 0 bridgehead atoms. The van der Waals surface area contributed by atoms with Crippen LogP contribution in [0.5, 0.6) is 0 Å². The average molecular weight is 196 g/mol. The standard InChI is InChI=1S/C12H24N2/c1-5-13-8-12(7-11(3)4)9-14(6-2)10-13/h8,11H,5-7,9-10H2,1-4H3. The smallest absolute Gasteiger partial charge is 0.0704 e. The first-order valence-corrected chi connectivity index (χ1v) is 5.81. The summed E-state index contributed by atoms with van der Waals surface area (Å²) < 4.78 is 0. The Labute approximate surface area is 88.6 Å². The van der Waals surface area contributed by atoms with E-state index in [1.807, 2.05) is 0 Å². The van der Waals surface area contributed by atoms with E-state index in [0.29, 0.717) is 0 Å². The van der Waals surface area contributed by atoms with Gasteiger partial charge in [-0.1, -0.05) is 20.8 Å². The van der Waals surface area contributed by atoms with Crippen LogP contribution in [0.2, 0.25) is 0 Å². The summed E-state index contributed by atoms with van der Waals surface area (Å²) in [6.45, 7) is 13.6. The van der Waals surface area contributed by atoms with Crippen LogP contribution in [0.3, 0.4) is 0 Å². The third kappa shape index (κ3) is 3.33. The van der Waals surface area contributed by atoms with Crippen molar-refractivity contribution >= 4 is 0 Å². The maximum atomic E-state index is 2.50. The first-order valence-electron chi connectivity index (χ1n) is 5.81. The van der Waals surface area contributed by atoms with Gasteiger partial charge in [0.2, 0.25) is 0 Å². The predicted molar refractivity (Wildman–Crippen MR) is 62.0 cm³/mol. The number of likely N-dealkylation sites (N-methyl/N-ethyl adjacent to an activating group) is 1. The molecule has 0 atom stereocenters. The van der Waals surface area contributed by atoms with Crippen molar-refractivity contribution in [2.45, 2.75) is 34.1 Å². The highest BCUT2D eigenvalue weighted by Crippen LogP contribution is 2.17. The van der Waals surface area contributed by atoms with Gasteiger partial charge < -0.3 is 4.90 Å². The van der Waals surface area contributed by atoms with Crippen molar-refractivity contribution in [3.05, 3.63) is 11.8 Å². The van der Waals surface area contributed by atoms with Gasteiger partial charge in [-0.05, 0) is 31.4 Å². The van der Waals surface area contributed by atoms with Gasteiger partial charge in [0.05, 0.1) is 6.67 Å². The third-order valence-corrected chi connectivity index (χ3v) is 2.70. The SMILES string of the molecule is CCN1C=C(CC(C)C)CN(CC)C1. The molecule has 2 heteroatoms. The molecule has 0 radical (unpaired) electrons. The number of rotatable bonds is 4. The van der Waals surface area contributed by atoms with Gasteiger partial charge in [-0.25, -0.2) is 0 Å². The van der Waals surface area contributed by atoms with Crippen LogP contribution in [0.25, 0.3) is 0 Å². The van der Waals surface area contributed by atoms with Gasteiger partial charge in [0.15, 0.2) is 0 Å². The van der Waals surface area contributed by atoms with Crippen molar-refractivity contribution in [1.82, 2.24) is 9.80 Å². The minimum Gasteiger partial charge on any atom is -0.365 e. The van der Waals surface area contributed by atoms with E-state index in [0.717, 1.165) is 25.7 Å². The molecule has 0 amide bonds. The van der Waals surface area contributed by atoms with E-state index >= 15 is 0 Å². The lowest BCUT2D eigenvalue weighted by Gasteiger charge is -2.34. The molecule has 0 unspecified atom stereocenters. The highest BCUT2D eigenvalue weighted by molar-refractivity contribution is 5.07. The maximum absolute atomic E-state index is 2.50. The van der Waals surface area contributed by atoms with Crippen molar-refractivity contribution in [2.75, 3.05) is 26.3 Å². The summed E-state index contributed by atoms with van der Waals surface area (Å²) in [7, 11) is 0. The fourth-order valence-electron chi connectivity index (χ4n) is 1.98. The molecule has 0 saturated heterocycles. The summed E-state index contributed by atoms with van der Waals surface area (Å²) >= 11 is 0. The van der Waals surface area contributed by atoms with Crippen molar-refractivity contribution < 1.29 is 0 Å². The summed E-state index contributed by atoms with van der Waals surface area (Å²) in [5.41, 5.74) is 1.59. The zero-order valence-electron chi connectivity index (χ0n) is 10.1. The summed E-state index contributed by atoms with van der Waals surface area (Å²) in [5, 5.41) is 0. The van der Waals surface area contributed by atoms with E-state index in [4.69, 9.17) is 0 Å². The zero-order chi connectivity index (χ0) is 10.6. The second-order valence-corrected chi connectivity index (χ2v) is 4.58. The Bertz CT molecular complexity index is 196. The highest BCUT2D eigenvalue weighted by atomic mass is 15.3. The second kappa shape index (κ2) is 5.40. The summed E-state index contributed by atoms with van der Waals surface area (Å²) in [5.74, 6) is 0.775. The molecule has 1 aliphatic rings. The molecule has 0 aromatic heterocycles. The molecule has 0 aromatic carbocycles. The molecule has 1 rings (SSSR count). The van der Waals surface area contributed by atoms with Gasteiger partial charge in [0.25, 0.3) is 0 Å². The van der Waals surface area contributed by atoms with Gasteiger partial charge >= 0.3 is 0 Å². The predicted octanol–water partition coefficient (Wildman–Crippen LogP) is 2.53. The Morgan fingerprint density at radius 3 is 2.50 bits per heavy atom. The lowest BCUT2D eigenvalue weighted by Crippen LogP contribution is -2.40. The largest absolute Gasteiger partial charge is 0.365 e. The molecule has 0 aromatic rings. The van der Waals surface area contributed by atoms with Crippen LogP contribution in [0.1, 0.15) is 34.1 Å². The topological polar surface area (TPSA) is 6.48 Å². The highest BCUT2D eigenvalue weighted by Gasteiger charge is 2.15. The summed E-state index contributed by atoms with van der Waals surface area (Å²) in [6.07, 6.45) is 3.61. The molecule has 1 heterocycles. The Morgan fingerprint density at radius 2 is 2.00 bits per heavy atom. The average Bonchev–Trinajstić information content (AvgIpc) is 2.16. The van der Waals surface area contributed by atoms with Crippen LogP contribution in [-0.2, 0) is 0 Å². The molecular weight excluding hydrogens is 172 g/mol. The van der Waals surface area contributed by atoms with Crippen LogP contribution in [-0.4, -0.2) is 36.1 Å². The number of nitrogens with zero attached hydrogens (tertiary/aromatic N) is 2. The van der Waals surface area contributed by atoms with Crippen LogP contribution >= 0.6 is 0 Å². The molecule has 2 nitrogen and oxygen atoms in total. The third-order valence-electron chi connectivity index (χ3n) is 2.70. The van der Waals surface area contributed by atoms with Crippen LogP contribution in [0.15, 0.2) is 11.8 Å². The fourth-order valence-corrected chi connectivity index (χ4v) is 1.98. The molecule has 0 fully saturated rings. The van der Waals surface area contributed by atoms with Gasteiger partial charge in [0.1, 0.15) is 0 Å². The molecule has 14 heavy (non-hydrogen) atoms. The summed E-state index contributed by atoms with van der Waals surface area (Å²) in [6, 6.07) is 0. The first kappa shape index (κ1) is 11.6. The van der Waals surface area contributed by atoms with E-state index in [-0.39, 0.29) is 0 Å². The van der Waals surface area contributed by atoms with Gasteiger partial charge in [0, 0.05) is 19.3 Å². The number of hydrogen-bond donors (Lipinski definition) is 0. The Balaban J connectivity index is 2.58. The van der Waals surface area contributed by atoms with Gasteiger partial charge in [-0.15, -0.1) is 0 Å². The summed E-state index contributed by atoms with van der Waals surface area (Å²) in [4.78, 5) is 4.91. The normalized spacial score (nSPS) is 18.9. The zero-order valence-corrected chi connectivity index (χ0v) is 10.1. The van der Waals surface area contributed by atoms with Crippen LogP contribution in [0, 0.1) is 5.92 Å². The molecule has 0 spiro atoms. The van der Waals surface area contributed by atoms with Gasteiger partial charge in [-0.3, -0.25) is 4.90 Å². The molecule has 0 saturated carbocycles. The van der Waals surface area contributed by atoms with Crippen LogP contribution in [0.4, 0.5) is 0 Å². The lowest BCUT2D eigenvalue weighted by molar-refractivity contribution is 0.171. The van der Waals surface area contributed by atoms with Crippen molar-refractivity contribution in [2.24, 2.45) is 5.92 Å². The maximum Gasteiger partial charge on any atom is 0.0704 e. The molecular formula is C12H24N2. The van der Waals surface area contributed by atoms with E-state index in [1.165, 1.54) is 13.0 Å². The molecule has 0 N–H and O–H groups in total. The van der Waals surface area contributed by atoms with Crippen molar-refractivity contribution in [3.8, 4) is 0 Å². The monoisotopic (exact) mass is 196 g/mol. The fraction of sp³-hybridized carbons (Fsp3) is 0.833. The Morgan fingerprint density at radius 1 is 1.29 bits per heavy atom. The Hall–Kier alpha value is -0.500. The number of hydrogen-bond acceptors (Lipinski definition) is 2. The minimum atomic E-state index is 0.775. The Kier molecular flexibility index (Phi) is 4.46. The van der Waals surface area contributed by atoms with E-state index in [2.05, 4.69) is 43.7 Å². The second-order valence-electron chi connectivity index (χ2n) is 4.58. The van der Waals surface area contributed by atoms with E-state index < -0.39 is 0 Å². The van der Waals surface area contributed by atoms with Crippen molar-refractivity contribution in [3.63, 3.8) is 0 Å². The first-order chi connectivity index (χ1) is 6.65. The molecule has 1 aliphatic heterocycles. The van der Waals surface area contributed by atoms with Crippen LogP contribution < -0.4 is 0 Å². The molecule has 82 valence electrons. The molecule has 0 aliphatic carbocycles. The lowest BCUT2D eigenvalue weighted by atomic mass is 10.0. The van der Waals surface area contributed by atoms with E-state index in [1.54, 1.807) is 5.57 Å². The van der Waals surface area contributed by atoms with Gasteiger partial charge in [-0.2, -0.15) is 0 Å². The van der Waals surface area contributed by atoms with Crippen molar-refractivity contribution in [1.29, 1.82) is 0 Å². The minimum absolute atomic E-state index is 0.775. The quantitative estimate of drug-likeness (QED) is 0.682. The van der Waals surface area contributed by atoms with E-state index in [9.17, 15) is 0 Å².